The van der Waals surface area contributed by atoms with Crippen molar-refractivity contribution in [1.29, 1.82) is 0 Å². The summed E-state index contributed by atoms with van der Waals surface area (Å²) in [5, 5.41) is 0. The molecule has 0 aliphatic heterocycles. The number of esters is 2. The second-order valence-electron chi connectivity index (χ2n) is 3.17. The third-order valence-electron chi connectivity index (χ3n) is 1.86. The molecule has 1 aromatic rings. The van der Waals surface area contributed by atoms with Crippen LogP contribution in [0.25, 0.3) is 0 Å². The highest BCUT2D eigenvalue weighted by Crippen LogP contribution is 2.07. The van der Waals surface area contributed by atoms with Crippen LogP contribution < -0.4 is 0 Å². The smallest absolute Gasteiger partial charge is 0.343 e. The Morgan fingerprint density at radius 3 is 2.35 bits per heavy atom. The first-order chi connectivity index (χ1) is 8.02. The zero-order valence-electron chi connectivity index (χ0n) is 9.40. The highest BCUT2D eigenvalue weighted by molar-refractivity contribution is 5.90. The highest BCUT2D eigenvalue weighted by Gasteiger charge is 2.09. The third kappa shape index (κ3) is 4.06. The maximum atomic E-state index is 12.6. The van der Waals surface area contributed by atoms with Crippen molar-refractivity contribution in [3.05, 3.63) is 47.5 Å². The number of ether oxygens (including phenoxy) is 2. The number of rotatable bonds is 3. The van der Waals surface area contributed by atoms with E-state index >= 15 is 0 Å². The Hall–Kier alpha value is -2.17. The molecule has 17 heavy (non-hydrogen) atoms. The van der Waals surface area contributed by atoms with Crippen LogP contribution in [0.2, 0.25) is 0 Å². The quantitative estimate of drug-likeness (QED) is 0.459. The molecule has 0 aromatic heterocycles. The van der Waals surface area contributed by atoms with Gasteiger partial charge in [0.2, 0.25) is 0 Å². The Morgan fingerprint density at radius 1 is 1.24 bits per heavy atom. The molecule has 1 aromatic carbocycles. The minimum absolute atomic E-state index is 0.103. The average Bonchev–Trinajstić information content (AvgIpc) is 2.29. The van der Waals surface area contributed by atoms with Crippen LogP contribution in [0.4, 0.5) is 4.39 Å². The number of carbonyl (C=O) groups excluding carboxylic acids is 2. The summed E-state index contributed by atoms with van der Waals surface area (Å²) < 4.78 is 21.8. The van der Waals surface area contributed by atoms with Gasteiger partial charge in [0.15, 0.2) is 0 Å². The van der Waals surface area contributed by atoms with E-state index < -0.39 is 17.8 Å². The van der Waals surface area contributed by atoms with Crippen molar-refractivity contribution >= 4 is 11.9 Å². The molecular weight excluding hydrogens is 227 g/mol. The van der Waals surface area contributed by atoms with Crippen LogP contribution in [0.15, 0.2) is 36.1 Å². The Kier molecular flexibility index (Phi) is 4.39. The van der Waals surface area contributed by atoms with Gasteiger partial charge < -0.3 is 9.47 Å². The maximum absolute atomic E-state index is 12.6. The van der Waals surface area contributed by atoms with Gasteiger partial charge in [-0.1, -0.05) is 0 Å². The van der Waals surface area contributed by atoms with Crippen LogP contribution in [0.5, 0.6) is 0 Å². The van der Waals surface area contributed by atoms with Gasteiger partial charge >= 0.3 is 11.9 Å². The molecule has 0 atom stereocenters. The molecule has 0 spiro atoms. The van der Waals surface area contributed by atoms with Crippen molar-refractivity contribution in [2.75, 3.05) is 7.11 Å². The number of benzene rings is 1. The predicted molar refractivity (Wildman–Crippen MR) is 57.6 cm³/mol. The molecule has 0 aliphatic rings. The highest BCUT2D eigenvalue weighted by atomic mass is 19.1. The Morgan fingerprint density at radius 2 is 1.82 bits per heavy atom. The standard InChI is InChI=1S/C12H11FO4/c1-8(7-11(14)16-2)17-12(15)9-3-5-10(13)6-4-9/h3-7H,1-2H3/b8-7-. The van der Waals surface area contributed by atoms with Gasteiger partial charge in [0.1, 0.15) is 11.6 Å². The fourth-order valence-electron chi connectivity index (χ4n) is 1.05. The van der Waals surface area contributed by atoms with Crippen LogP contribution in [0.3, 0.4) is 0 Å². The molecule has 0 saturated heterocycles. The van der Waals surface area contributed by atoms with Crippen molar-refractivity contribution in [1.82, 2.24) is 0 Å². The first kappa shape index (κ1) is 12.9. The summed E-state index contributed by atoms with van der Waals surface area (Å²) in [6, 6.07) is 4.89. The normalized spacial score (nSPS) is 10.9. The first-order valence-corrected chi connectivity index (χ1v) is 4.77. The summed E-state index contributed by atoms with van der Waals surface area (Å²) in [6.07, 6.45) is 1.04. The van der Waals surface area contributed by atoms with Crippen molar-refractivity contribution < 1.29 is 23.5 Å². The number of hydrogen-bond acceptors (Lipinski definition) is 4. The molecule has 90 valence electrons. The lowest BCUT2D eigenvalue weighted by Crippen LogP contribution is -2.05. The Bertz CT molecular complexity index is 448. The topological polar surface area (TPSA) is 52.6 Å². The molecule has 0 bridgehead atoms. The summed E-state index contributed by atoms with van der Waals surface area (Å²) >= 11 is 0. The largest absolute Gasteiger partial charge is 0.466 e. The average molecular weight is 238 g/mol. The van der Waals surface area contributed by atoms with Gasteiger partial charge in [-0.25, -0.2) is 14.0 Å². The van der Waals surface area contributed by atoms with Gasteiger partial charge in [-0.05, 0) is 31.2 Å². The lowest BCUT2D eigenvalue weighted by Gasteiger charge is -2.03. The van der Waals surface area contributed by atoms with E-state index in [4.69, 9.17) is 4.74 Å². The number of methoxy groups -OCH3 is 1. The minimum Gasteiger partial charge on any atom is -0.466 e. The van der Waals surface area contributed by atoms with E-state index in [0.717, 1.165) is 18.2 Å². The number of halogens is 1. The summed E-state index contributed by atoms with van der Waals surface area (Å²) in [4.78, 5) is 22.3. The maximum Gasteiger partial charge on any atom is 0.343 e. The summed E-state index contributed by atoms with van der Waals surface area (Å²) in [5.41, 5.74) is 0.198. The monoisotopic (exact) mass is 238 g/mol. The van der Waals surface area contributed by atoms with Crippen LogP contribution in [-0.4, -0.2) is 19.0 Å². The van der Waals surface area contributed by atoms with E-state index in [1.165, 1.54) is 26.2 Å². The SMILES string of the molecule is COC(=O)/C=C(/C)OC(=O)c1ccc(F)cc1. The molecule has 4 nitrogen and oxygen atoms in total. The minimum atomic E-state index is -0.664. The zero-order valence-corrected chi connectivity index (χ0v) is 9.40. The third-order valence-corrected chi connectivity index (χ3v) is 1.86. The zero-order chi connectivity index (χ0) is 12.8. The molecule has 0 fully saturated rings. The van der Waals surface area contributed by atoms with Gasteiger partial charge in [-0.2, -0.15) is 0 Å². The summed E-state index contributed by atoms with van der Waals surface area (Å²) in [7, 11) is 1.22. The number of carbonyl (C=O) groups is 2. The van der Waals surface area contributed by atoms with Crippen LogP contribution >= 0.6 is 0 Å². The number of allylic oxidation sites excluding steroid dienone is 1. The summed E-state index contributed by atoms with van der Waals surface area (Å²) in [5.74, 6) is -1.62. The fraction of sp³-hybridized carbons (Fsp3) is 0.167. The van der Waals surface area contributed by atoms with Crippen molar-refractivity contribution in [2.45, 2.75) is 6.92 Å². The van der Waals surface area contributed by atoms with Gasteiger partial charge in [-0.15, -0.1) is 0 Å². The summed E-state index contributed by atoms with van der Waals surface area (Å²) in [6.45, 7) is 1.44. The van der Waals surface area contributed by atoms with E-state index in [9.17, 15) is 14.0 Å². The van der Waals surface area contributed by atoms with Crippen molar-refractivity contribution in [2.24, 2.45) is 0 Å². The Labute approximate surface area is 97.6 Å². The molecular formula is C12H11FO4. The van der Waals surface area contributed by atoms with E-state index in [2.05, 4.69) is 4.74 Å². The predicted octanol–water partition coefficient (Wildman–Crippen LogP) is 2.06. The van der Waals surface area contributed by atoms with Gasteiger partial charge in [0.05, 0.1) is 18.7 Å². The second kappa shape index (κ2) is 5.79. The van der Waals surface area contributed by atoms with Crippen molar-refractivity contribution in [3.63, 3.8) is 0 Å². The van der Waals surface area contributed by atoms with Crippen LogP contribution in [0.1, 0.15) is 17.3 Å². The fourth-order valence-corrected chi connectivity index (χ4v) is 1.05. The molecule has 0 radical (unpaired) electrons. The van der Waals surface area contributed by atoms with E-state index in [0.29, 0.717) is 0 Å². The number of hydrogen-bond donors (Lipinski definition) is 0. The first-order valence-electron chi connectivity index (χ1n) is 4.77. The van der Waals surface area contributed by atoms with Gasteiger partial charge in [0, 0.05) is 0 Å². The molecule has 1 rings (SSSR count). The molecule has 0 unspecified atom stereocenters. The molecule has 0 heterocycles. The lowest BCUT2D eigenvalue weighted by atomic mass is 10.2. The van der Waals surface area contributed by atoms with Crippen LogP contribution in [0, 0.1) is 5.82 Å². The lowest BCUT2D eigenvalue weighted by molar-refractivity contribution is -0.135. The second-order valence-corrected chi connectivity index (χ2v) is 3.17. The van der Waals surface area contributed by atoms with Gasteiger partial charge in [0.25, 0.3) is 0 Å². The van der Waals surface area contributed by atoms with Gasteiger partial charge in [-0.3, -0.25) is 0 Å². The molecule has 0 N–H and O–H groups in total. The molecule has 5 heteroatoms. The van der Waals surface area contributed by atoms with E-state index in [1.54, 1.807) is 0 Å². The van der Waals surface area contributed by atoms with Crippen molar-refractivity contribution in [3.8, 4) is 0 Å². The van der Waals surface area contributed by atoms with Crippen LogP contribution in [-0.2, 0) is 14.3 Å². The molecule has 0 amide bonds. The Balaban J connectivity index is 2.69. The molecule has 0 aliphatic carbocycles. The van der Waals surface area contributed by atoms with E-state index in [1.807, 2.05) is 0 Å². The van der Waals surface area contributed by atoms with E-state index in [-0.39, 0.29) is 11.3 Å². The molecule has 0 saturated carbocycles.